The van der Waals surface area contributed by atoms with Crippen LogP contribution < -0.4 is 10.1 Å². The van der Waals surface area contributed by atoms with Crippen LogP contribution in [0, 0.1) is 0 Å². The van der Waals surface area contributed by atoms with Crippen LogP contribution in [0.5, 0.6) is 5.75 Å². The first kappa shape index (κ1) is 14.8. The second-order valence-electron chi connectivity index (χ2n) is 4.40. The fourth-order valence-electron chi connectivity index (χ4n) is 1.92. The third-order valence-electron chi connectivity index (χ3n) is 2.94. The van der Waals surface area contributed by atoms with Crippen molar-refractivity contribution in [3.63, 3.8) is 0 Å². The van der Waals surface area contributed by atoms with Gasteiger partial charge in [0.05, 0.1) is 18.7 Å². The van der Waals surface area contributed by atoms with Crippen molar-refractivity contribution in [3.8, 4) is 5.75 Å². The van der Waals surface area contributed by atoms with E-state index in [2.05, 4.69) is 5.32 Å². The molecule has 0 bridgehead atoms. The molecular weight excluding hydrogens is 266 g/mol. The lowest BCUT2D eigenvalue weighted by molar-refractivity contribution is 0.0901. The molecule has 2 aromatic carbocycles. The van der Waals surface area contributed by atoms with Crippen molar-refractivity contribution < 1.29 is 14.3 Å². The summed E-state index contributed by atoms with van der Waals surface area (Å²) in [4.78, 5) is 24.1. The molecule has 1 amide bonds. The molecular formula is C17H17NO3. The number of ketones is 1. The van der Waals surface area contributed by atoms with Gasteiger partial charge in [-0.2, -0.15) is 0 Å². The van der Waals surface area contributed by atoms with Crippen LogP contribution in [0.15, 0.2) is 54.6 Å². The second-order valence-corrected chi connectivity index (χ2v) is 4.40. The molecule has 0 spiro atoms. The van der Waals surface area contributed by atoms with E-state index in [9.17, 15) is 9.59 Å². The maximum atomic E-state index is 12.1. The lowest BCUT2D eigenvalue weighted by Gasteiger charge is -2.10. The van der Waals surface area contributed by atoms with Crippen molar-refractivity contribution in [1.29, 1.82) is 0 Å². The highest BCUT2D eigenvalue weighted by atomic mass is 16.5. The van der Waals surface area contributed by atoms with Crippen LogP contribution in [0.1, 0.15) is 27.6 Å². The number of carbonyl (C=O) groups is 2. The van der Waals surface area contributed by atoms with Gasteiger partial charge in [0.1, 0.15) is 5.75 Å². The maximum Gasteiger partial charge on any atom is 0.255 e. The summed E-state index contributed by atoms with van der Waals surface area (Å²) >= 11 is 0. The van der Waals surface area contributed by atoms with Gasteiger partial charge < -0.3 is 10.1 Å². The summed E-state index contributed by atoms with van der Waals surface area (Å²) in [5, 5.41) is 2.63. The maximum absolute atomic E-state index is 12.1. The SMILES string of the molecule is CCOc1ccccc1C(=O)NCC(=O)c1ccccc1. The van der Waals surface area contributed by atoms with Crippen LogP contribution in [0.3, 0.4) is 0 Å². The summed E-state index contributed by atoms with van der Waals surface area (Å²) in [5.74, 6) is 0.0748. The third kappa shape index (κ3) is 3.92. The fourth-order valence-corrected chi connectivity index (χ4v) is 1.92. The first-order valence-corrected chi connectivity index (χ1v) is 6.80. The zero-order chi connectivity index (χ0) is 15.1. The molecule has 0 radical (unpaired) electrons. The Bertz CT molecular complexity index is 623. The number of rotatable bonds is 6. The van der Waals surface area contributed by atoms with E-state index in [0.717, 1.165) is 0 Å². The average molecular weight is 283 g/mol. The molecule has 0 aliphatic carbocycles. The number of benzene rings is 2. The Morgan fingerprint density at radius 2 is 1.67 bits per heavy atom. The Hall–Kier alpha value is -2.62. The number of carbonyl (C=O) groups excluding carboxylic acids is 2. The molecule has 0 aromatic heterocycles. The number of amides is 1. The van der Waals surface area contributed by atoms with Gasteiger partial charge in [0.25, 0.3) is 5.91 Å². The van der Waals surface area contributed by atoms with E-state index in [1.165, 1.54) is 0 Å². The van der Waals surface area contributed by atoms with E-state index in [1.54, 1.807) is 48.5 Å². The summed E-state index contributed by atoms with van der Waals surface area (Å²) in [6, 6.07) is 15.8. The molecule has 2 rings (SSSR count). The van der Waals surface area contributed by atoms with E-state index in [4.69, 9.17) is 4.74 Å². The molecule has 0 atom stereocenters. The van der Waals surface area contributed by atoms with Gasteiger partial charge in [-0.25, -0.2) is 0 Å². The average Bonchev–Trinajstić information content (AvgIpc) is 2.54. The molecule has 0 heterocycles. The summed E-state index contributed by atoms with van der Waals surface area (Å²) < 4.78 is 5.40. The van der Waals surface area contributed by atoms with Crippen LogP contribution in [0.2, 0.25) is 0 Å². The molecule has 2 aromatic rings. The van der Waals surface area contributed by atoms with Crippen LogP contribution >= 0.6 is 0 Å². The molecule has 0 fully saturated rings. The summed E-state index contributed by atoms with van der Waals surface area (Å²) in [6.07, 6.45) is 0. The lowest BCUT2D eigenvalue weighted by atomic mass is 10.1. The Labute approximate surface area is 123 Å². The highest BCUT2D eigenvalue weighted by Gasteiger charge is 2.13. The number of hydrogen-bond donors (Lipinski definition) is 1. The standard InChI is InChI=1S/C17H17NO3/c1-2-21-16-11-7-6-10-14(16)17(20)18-12-15(19)13-8-4-3-5-9-13/h3-11H,2,12H2,1H3,(H,18,20). The van der Waals surface area contributed by atoms with Crippen LogP contribution in [0.4, 0.5) is 0 Å². The topological polar surface area (TPSA) is 55.4 Å². The van der Waals surface area contributed by atoms with Crippen molar-refractivity contribution in [3.05, 3.63) is 65.7 Å². The second kappa shape index (κ2) is 7.24. The molecule has 0 saturated heterocycles. The van der Waals surface area contributed by atoms with Crippen LogP contribution in [0.25, 0.3) is 0 Å². The number of para-hydroxylation sites is 1. The summed E-state index contributed by atoms with van der Waals surface area (Å²) in [6.45, 7) is 2.30. The third-order valence-corrected chi connectivity index (χ3v) is 2.94. The highest BCUT2D eigenvalue weighted by molar-refractivity contribution is 6.03. The van der Waals surface area contributed by atoms with Crippen LogP contribution in [-0.2, 0) is 0 Å². The van der Waals surface area contributed by atoms with Crippen molar-refractivity contribution in [2.45, 2.75) is 6.92 Å². The molecule has 0 aliphatic rings. The molecule has 21 heavy (non-hydrogen) atoms. The smallest absolute Gasteiger partial charge is 0.255 e. The largest absolute Gasteiger partial charge is 0.493 e. The summed E-state index contributed by atoms with van der Waals surface area (Å²) in [7, 11) is 0. The number of ether oxygens (including phenoxy) is 1. The molecule has 0 aliphatic heterocycles. The van der Waals surface area contributed by atoms with Crippen molar-refractivity contribution >= 4 is 11.7 Å². The minimum absolute atomic E-state index is 0.0384. The minimum Gasteiger partial charge on any atom is -0.493 e. The number of Topliss-reactive ketones (excluding diaryl/α,β-unsaturated/α-hetero) is 1. The monoisotopic (exact) mass is 283 g/mol. The van der Waals surface area contributed by atoms with E-state index in [0.29, 0.717) is 23.5 Å². The highest BCUT2D eigenvalue weighted by Crippen LogP contribution is 2.17. The first-order valence-electron chi connectivity index (χ1n) is 6.80. The van der Waals surface area contributed by atoms with E-state index < -0.39 is 0 Å². The Morgan fingerprint density at radius 3 is 2.38 bits per heavy atom. The number of hydrogen-bond acceptors (Lipinski definition) is 3. The predicted molar refractivity (Wildman–Crippen MR) is 80.7 cm³/mol. The van der Waals surface area contributed by atoms with E-state index in [-0.39, 0.29) is 18.2 Å². The Morgan fingerprint density at radius 1 is 1.00 bits per heavy atom. The zero-order valence-electron chi connectivity index (χ0n) is 11.8. The Balaban J connectivity index is 2.01. The molecule has 0 saturated carbocycles. The van der Waals surface area contributed by atoms with Gasteiger partial charge in [-0.15, -0.1) is 0 Å². The van der Waals surface area contributed by atoms with Crippen molar-refractivity contribution in [2.24, 2.45) is 0 Å². The predicted octanol–water partition coefficient (Wildman–Crippen LogP) is 2.70. The van der Waals surface area contributed by atoms with Gasteiger partial charge in [0.15, 0.2) is 5.78 Å². The number of nitrogens with one attached hydrogen (secondary N) is 1. The van der Waals surface area contributed by atoms with Gasteiger partial charge >= 0.3 is 0 Å². The van der Waals surface area contributed by atoms with E-state index in [1.807, 2.05) is 13.0 Å². The first-order chi connectivity index (χ1) is 10.2. The quantitative estimate of drug-likeness (QED) is 0.829. The van der Waals surface area contributed by atoms with Crippen LogP contribution in [-0.4, -0.2) is 24.8 Å². The van der Waals surface area contributed by atoms with Gasteiger partial charge in [0.2, 0.25) is 0 Å². The Kier molecular flexibility index (Phi) is 5.10. The van der Waals surface area contributed by atoms with Gasteiger partial charge in [-0.05, 0) is 19.1 Å². The fraction of sp³-hybridized carbons (Fsp3) is 0.176. The molecule has 4 heteroatoms. The molecule has 108 valence electrons. The van der Waals surface area contributed by atoms with E-state index >= 15 is 0 Å². The zero-order valence-corrected chi connectivity index (χ0v) is 11.8. The molecule has 0 unspecified atom stereocenters. The molecule has 1 N–H and O–H groups in total. The van der Waals surface area contributed by atoms with Gasteiger partial charge in [0, 0.05) is 5.56 Å². The van der Waals surface area contributed by atoms with Gasteiger partial charge in [-0.3, -0.25) is 9.59 Å². The lowest BCUT2D eigenvalue weighted by Crippen LogP contribution is -2.29. The summed E-state index contributed by atoms with van der Waals surface area (Å²) in [5.41, 5.74) is 1.01. The normalized spacial score (nSPS) is 9.95. The van der Waals surface area contributed by atoms with Crippen molar-refractivity contribution in [2.75, 3.05) is 13.2 Å². The van der Waals surface area contributed by atoms with Crippen molar-refractivity contribution in [1.82, 2.24) is 5.32 Å². The van der Waals surface area contributed by atoms with Gasteiger partial charge in [-0.1, -0.05) is 42.5 Å². The minimum atomic E-state index is -0.316. The molecule has 4 nitrogen and oxygen atoms in total.